The monoisotopic (exact) mass is 479 g/mol. The molecule has 0 atom stereocenters. The lowest BCUT2D eigenvalue weighted by Gasteiger charge is -2.31. The minimum Gasteiger partial charge on any atom is -0.495 e. The molecule has 0 spiro atoms. The Kier molecular flexibility index (Phi) is 8.54. The van der Waals surface area contributed by atoms with E-state index in [-0.39, 0.29) is 28.8 Å². The quantitative estimate of drug-likeness (QED) is 0.601. The molecule has 0 aromatic heterocycles. The molecule has 1 fully saturated rings. The van der Waals surface area contributed by atoms with E-state index in [4.69, 9.17) is 9.47 Å². The van der Waals surface area contributed by atoms with E-state index >= 15 is 0 Å². The summed E-state index contributed by atoms with van der Waals surface area (Å²) in [6, 6.07) is 8.43. The van der Waals surface area contributed by atoms with Crippen molar-refractivity contribution in [3.05, 3.63) is 36.4 Å². The van der Waals surface area contributed by atoms with E-state index < -0.39 is 16.6 Å². The Balaban J connectivity index is 0.00000341. The van der Waals surface area contributed by atoms with E-state index in [1.807, 2.05) is 0 Å². The Morgan fingerprint density at radius 1 is 1.00 bits per heavy atom. The van der Waals surface area contributed by atoms with Crippen LogP contribution in [0.5, 0.6) is 17.2 Å². The topological polar surface area (TPSA) is 89.1 Å². The molecule has 1 aliphatic heterocycles. The van der Waals surface area contributed by atoms with Gasteiger partial charge in [-0.05, 0) is 30.3 Å². The van der Waals surface area contributed by atoms with E-state index in [0.717, 1.165) is 37.9 Å². The first kappa shape index (κ1) is 24.8. The van der Waals surface area contributed by atoms with Crippen LogP contribution in [-0.4, -0.2) is 55.4 Å². The lowest BCUT2D eigenvalue weighted by Crippen LogP contribution is -2.43. The fraction of sp³-hybridized carbons (Fsp3) is 0.368. The third-order valence-electron chi connectivity index (χ3n) is 4.55. The number of halogens is 3. The van der Waals surface area contributed by atoms with Crippen molar-refractivity contribution in [2.75, 3.05) is 50.0 Å². The highest BCUT2D eigenvalue weighted by atomic mass is 35.5. The van der Waals surface area contributed by atoms with Crippen LogP contribution in [0.1, 0.15) is 0 Å². The second-order valence-electron chi connectivity index (χ2n) is 6.42. The standard InChI is InChI=1S/C19H23F2N3O5S.ClH/c1-27-16-5-3-13(11-15(16)24-9-7-22-8-10-24)23-30(25,26)14-4-6-17(28-2)18(12-14)29-19(20)21;/h3-6,11-12,19,22-23H,7-10H2,1-2H3;1H. The summed E-state index contributed by atoms with van der Waals surface area (Å²) in [4.78, 5) is 1.85. The van der Waals surface area contributed by atoms with Gasteiger partial charge < -0.3 is 24.4 Å². The summed E-state index contributed by atoms with van der Waals surface area (Å²) in [6.45, 7) is -0.0120. The highest BCUT2D eigenvalue weighted by Crippen LogP contribution is 2.34. The molecule has 1 heterocycles. The summed E-state index contributed by atoms with van der Waals surface area (Å²) in [5.41, 5.74) is 1.08. The third kappa shape index (κ3) is 6.02. The molecule has 3 rings (SSSR count). The number of piperazine rings is 1. The number of benzene rings is 2. The highest BCUT2D eigenvalue weighted by molar-refractivity contribution is 7.92. The Hall–Kier alpha value is -2.50. The van der Waals surface area contributed by atoms with Crippen LogP contribution < -0.4 is 29.1 Å². The number of sulfonamides is 1. The van der Waals surface area contributed by atoms with Gasteiger partial charge in [0.15, 0.2) is 11.5 Å². The van der Waals surface area contributed by atoms with Gasteiger partial charge in [0.05, 0.1) is 30.5 Å². The van der Waals surface area contributed by atoms with E-state index in [1.165, 1.54) is 19.2 Å². The molecule has 2 aromatic carbocycles. The van der Waals surface area contributed by atoms with Crippen molar-refractivity contribution in [3.63, 3.8) is 0 Å². The molecule has 1 saturated heterocycles. The van der Waals surface area contributed by atoms with Gasteiger partial charge in [0.25, 0.3) is 10.0 Å². The molecule has 0 unspecified atom stereocenters. The zero-order valence-corrected chi connectivity index (χ0v) is 18.6. The second kappa shape index (κ2) is 10.7. The van der Waals surface area contributed by atoms with E-state index in [2.05, 4.69) is 19.7 Å². The highest BCUT2D eigenvalue weighted by Gasteiger charge is 2.21. The van der Waals surface area contributed by atoms with Crippen LogP contribution in [0.3, 0.4) is 0 Å². The van der Waals surface area contributed by atoms with E-state index in [1.54, 1.807) is 25.3 Å². The normalized spacial score (nSPS) is 14.0. The van der Waals surface area contributed by atoms with Crippen LogP contribution in [-0.2, 0) is 10.0 Å². The van der Waals surface area contributed by atoms with Gasteiger partial charge in [-0.2, -0.15) is 8.78 Å². The van der Waals surface area contributed by atoms with Gasteiger partial charge in [-0.25, -0.2) is 8.42 Å². The van der Waals surface area contributed by atoms with Crippen molar-refractivity contribution in [2.45, 2.75) is 11.5 Å². The fourth-order valence-electron chi connectivity index (χ4n) is 3.13. The lowest BCUT2D eigenvalue weighted by molar-refractivity contribution is -0.0513. The molecule has 0 amide bonds. The molecule has 0 saturated carbocycles. The molecule has 8 nitrogen and oxygen atoms in total. The first-order valence-electron chi connectivity index (χ1n) is 9.13. The summed E-state index contributed by atoms with van der Waals surface area (Å²) in [5.74, 6) is 0.253. The number of hydrogen-bond donors (Lipinski definition) is 2. The zero-order chi connectivity index (χ0) is 21.7. The van der Waals surface area contributed by atoms with Crippen molar-refractivity contribution in [1.29, 1.82) is 0 Å². The van der Waals surface area contributed by atoms with Gasteiger partial charge in [0.2, 0.25) is 0 Å². The minimum atomic E-state index is -4.07. The zero-order valence-electron chi connectivity index (χ0n) is 16.9. The van der Waals surface area contributed by atoms with E-state index in [0.29, 0.717) is 11.4 Å². The molecule has 2 N–H and O–H groups in total. The number of rotatable bonds is 8. The van der Waals surface area contributed by atoms with Crippen molar-refractivity contribution in [1.82, 2.24) is 5.32 Å². The largest absolute Gasteiger partial charge is 0.495 e. The lowest BCUT2D eigenvalue weighted by atomic mass is 10.2. The Bertz CT molecular complexity index is 989. The summed E-state index contributed by atoms with van der Waals surface area (Å²) >= 11 is 0. The SMILES string of the molecule is COc1ccc(S(=O)(=O)Nc2ccc(OC)c(N3CCNCC3)c2)cc1OC(F)F.Cl. The average Bonchev–Trinajstić information content (AvgIpc) is 2.73. The Morgan fingerprint density at radius 2 is 1.65 bits per heavy atom. The van der Waals surface area contributed by atoms with Crippen molar-refractivity contribution < 1.29 is 31.4 Å². The number of ether oxygens (including phenoxy) is 3. The summed E-state index contributed by atoms with van der Waals surface area (Å²) < 4.78 is 68.1. The number of anilines is 2. The average molecular weight is 480 g/mol. The van der Waals surface area contributed by atoms with Crippen LogP contribution in [0.4, 0.5) is 20.2 Å². The molecule has 2 aromatic rings. The smallest absolute Gasteiger partial charge is 0.387 e. The molecule has 0 bridgehead atoms. The van der Waals surface area contributed by atoms with Gasteiger partial charge >= 0.3 is 6.61 Å². The van der Waals surface area contributed by atoms with Crippen molar-refractivity contribution >= 4 is 33.8 Å². The number of hydrogen-bond acceptors (Lipinski definition) is 7. The van der Waals surface area contributed by atoms with Crippen LogP contribution in [0.25, 0.3) is 0 Å². The predicted molar refractivity (Wildman–Crippen MR) is 116 cm³/mol. The summed E-state index contributed by atoms with van der Waals surface area (Å²) in [5, 5.41) is 3.25. The number of nitrogens with zero attached hydrogens (tertiary/aromatic N) is 1. The number of alkyl halides is 2. The Morgan fingerprint density at radius 3 is 2.26 bits per heavy atom. The van der Waals surface area contributed by atoms with Crippen LogP contribution in [0.15, 0.2) is 41.3 Å². The van der Waals surface area contributed by atoms with Crippen LogP contribution in [0, 0.1) is 0 Å². The minimum absolute atomic E-state index is 0. The molecule has 12 heteroatoms. The van der Waals surface area contributed by atoms with Gasteiger partial charge in [-0.15, -0.1) is 12.4 Å². The Labute approximate surface area is 185 Å². The van der Waals surface area contributed by atoms with Crippen LogP contribution >= 0.6 is 12.4 Å². The van der Waals surface area contributed by atoms with Crippen molar-refractivity contribution in [2.24, 2.45) is 0 Å². The van der Waals surface area contributed by atoms with E-state index in [9.17, 15) is 17.2 Å². The first-order chi connectivity index (χ1) is 14.3. The molecule has 31 heavy (non-hydrogen) atoms. The maximum atomic E-state index is 12.8. The van der Waals surface area contributed by atoms with Gasteiger partial charge in [0.1, 0.15) is 5.75 Å². The van der Waals surface area contributed by atoms with Gasteiger partial charge in [-0.1, -0.05) is 0 Å². The first-order valence-corrected chi connectivity index (χ1v) is 10.6. The number of methoxy groups -OCH3 is 2. The molecule has 172 valence electrons. The molecular weight excluding hydrogens is 456 g/mol. The third-order valence-corrected chi connectivity index (χ3v) is 5.93. The summed E-state index contributed by atoms with van der Waals surface area (Å²) in [6.07, 6.45) is 0. The predicted octanol–water partition coefficient (Wildman–Crippen LogP) is 2.94. The number of nitrogens with one attached hydrogen (secondary N) is 2. The molecular formula is C19H24ClF2N3O5S. The van der Waals surface area contributed by atoms with Gasteiger partial charge in [-0.3, -0.25) is 4.72 Å². The van der Waals surface area contributed by atoms with Gasteiger partial charge in [0, 0.05) is 32.2 Å². The van der Waals surface area contributed by atoms with Crippen molar-refractivity contribution in [3.8, 4) is 17.2 Å². The fourth-order valence-corrected chi connectivity index (χ4v) is 4.20. The second-order valence-corrected chi connectivity index (χ2v) is 8.10. The molecule has 0 aliphatic carbocycles. The maximum Gasteiger partial charge on any atom is 0.387 e. The molecule has 0 radical (unpaired) electrons. The molecule has 1 aliphatic rings. The van der Waals surface area contributed by atoms with Crippen LogP contribution in [0.2, 0.25) is 0 Å². The summed E-state index contributed by atoms with van der Waals surface area (Å²) in [7, 11) is -1.24. The maximum absolute atomic E-state index is 12.8.